The fraction of sp³-hybridized carbons (Fsp3) is 0.167. The molecule has 5 heteroatoms. The number of aliphatic hydroxyl groups excluding tert-OH is 2. The van der Waals surface area contributed by atoms with E-state index in [2.05, 4.69) is 0 Å². The lowest BCUT2D eigenvalue weighted by Gasteiger charge is -2.41. The van der Waals surface area contributed by atoms with Gasteiger partial charge in [0.15, 0.2) is 5.78 Å². The first-order valence-electron chi connectivity index (χ1n) is 11.6. The molecule has 2 N–H and O–H groups in total. The van der Waals surface area contributed by atoms with Crippen molar-refractivity contribution in [2.75, 3.05) is 26.4 Å². The number of hydrogen-bond donors (Lipinski definition) is 2. The molecule has 0 aromatic heterocycles. The third-order valence-corrected chi connectivity index (χ3v) is 6.45. The Morgan fingerprint density at radius 3 is 1.37 bits per heavy atom. The average molecular weight is 467 g/mol. The quantitative estimate of drug-likeness (QED) is 0.356. The normalized spacial score (nSPS) is 13.6. The first kappa shape index (κ1) is 22.8. The van der Waals surface area contributed by atoms with Crippen molar-refractivity contribution in [2.45, 2.75) is 5.41 Å². The van der Waals surface area contributed by atoms with Crippen LogP contribution in [0, 0.1) is 0 Å². The summed E-state index contributed by atoms with van der Waals surface area (Å²) in [6.45, 7) is 0.332. The lowest BCUT2D eigenvalue weighted by atomic mass is 9.59. The van der Waals surface area contributed by atoms with Crippen LogP contribution in [-0.4, -0.2) is 42.4 Å². The number of carbonyl (C=O) groups is 1. The van der Waals surface area contributed by atoms with Crippen LogP contribution in [-0.2, 0) is 5.41 Å². The van der Waals surface area contributed by atoms with Gasteiger partial charge in [0.05, 0.1) is 18.6 Å². The monoisotopic (exact) mass is 466 g/mol. The molecule has 35 heavy (non-hydrogen) atoms. The Hall–Kier alpha value is -3.93. The van der Waals surface area contributed by atoms with Gasteiger partial charge in [-0.2, -0.15) is 0 Å². The molecule has 0 unspecified atom stereocenters. The summed E-state index contributed by atoms with van der Waals surface area (Å²) in [6, 6.07) is 31.2. The number of carbonyl (C=O) groups excluding carboxylic acids is 1. The van der Waals surface area contributed by atoms with E-state index in [0.717, 1.165) is 22.3 Å². The maximum Gasteiger partial charge on any atom is 0.193 e. The number of ether oxygens (including phenoxy) is 2. The summed E-state index contributed by atoms with van der Waals surface area (Å²) in [5.41, 5.74) is 4.41. The second-order valence-electron chi connectivity index (χ2n) is 8.36. The molecule has 5 nitrogen and oxygen atoms in total. The topological polar surface area (TPSA) is 76.0 Å². The number of fused-ring (bicyclic) bond motifs is 2. The van der Waals surface area contributed by atoms with E-state index in [9.17, 15) is 4.79 Å². The molecule has 0 radical (unpaired) electrons. The van der Waals surface area contributed by atoms with Crippen LogP contribution in [0.3, 0.4) is 0 Å². The van der Waals surface area contributed by atoms with Crippen molar-refractivity contribution in [1.29, 1.82) is 0 Å². The predicted octanol–water partition coefficient (Wildman–Crippen LogP) is 4.36. The Morgan fingerprint density at radius 1 is 0.571 bits per heavy atom. The van der Waals surface area contributed by atoms with E-state index < -0.39 is 5.41 Å². The number of rotatable bonds is 8. The molecule has 1 aliphatic rings. The van der Waals surface area contributed by atoms with Gasteiger partial charge in [-0.3, -0.25) is 4.79 Å². The molecule has 0 saturated heterocycles. The van der Waals surface area contributed by atoms with Gasteiger partial charge in [0, 0.05) is 11.1 Å². The number of benzene rings is 4. The van der Waals surface area contributed by atoms with Crippen molar-refractivity contribution in [3.05, 3.63) is 130 Å². The molecule has 0 amide bonds. The van der Waals surface area contributed by atoms with Crippen LogP contribution in [0.15, 0.2) is 97.1 Å². The van der Waals surface area contributed by atoms with E-state index in [0.29, 0.717) is 22.6 Å². The minimum atomic E-state index is -0.744. The highest BCUT2D eigenvalue weighted by atomic mass is 16.5. The second kappa shape index (κ2) is 9.74. The van der Waals surface area contributed by atoms with E-state index in [1.807, 2.05) is 97.1 Å². The second-order valence-corrected chi connectivity index (χ2v) is 8.36. The summed E-state index contributed by atoms with van der Waals surface area (Å²) in [4.78, 5) is 13.5. The van der Waals surface area contributed by atoms with E-state index in [4.69, 9.17) is 19.7 Å². The van der Waals surface area contributed by atoms with E-state index in [1.54, 1.807) is 0 Å². The van der Waals surface area contributed by atoms with Crippen LogP contribution in [0.4, 0.5) is 0 Å². The highest BCUT2D eigenvalue weighted by molar-refractivity contribution is 6.14. The molecule has 0 fully saturated rings. The smallest absolute Gasteiger partial charge is 0.193 e. The first-order valence-corrected chi connectivity index (χ1v) is 11.6. The highest BCUT2D eigenvalue weighted by Gasteiger charge is 2.46. The minimum absolute atomic E-state index is 0.0117. The summed E-state index contributed by atoms with van der Waals surface area (Å²) in [5, 5.41) is 18.2. The maximum atomic E-state index is 13.5. The summed E-state index contributed by atoms with van der Waals surface area (Å²) in [5.74, 6) is 1.34. The van der Waals surface area contributed by atoms with Crippen LogP contribution in [0.5, 0.6) is 11.5 Å². The molecule has 176 valence electrons. The molecule has 5 rings (SSSR count). The lowest BCUT2D eigenvalue weighted by Crippen LogP contribution is -2.38. The van der Waals surface area contributed by atoms with Crippen LogP contribution >= 0.6 is 0 Å². The highest BCUT2D eigenvalue weighted by Crippen LogP contribution is 2.51. The zero-order valence-electron chi connectivity index (χ0n) is 19.2. The largest absolute Gasteiger partial charge is 0.491 e. The van der Waals surface area contributed by atoms with Gasteiger partial charge in [0.25, 0.3) is 0 Å². The van der Waals surface area contributed by atoms with Crippen molar-refractivity contribution >= 4 is 5.78 Å². The van der Waals surface area contributed by atoms with Gasteiger partial charge in [-0.15, -0.1) is 0 Å². The van der Waals surface area contributed by atoms with Gasteiger partial charge < -0.3 is 19.7 Å². The SMILES string of the molecule is O=C1c2ccccc2C(c2ccc(OCCO)cc2)(c2ccc(OCCO)cc2)c2ccccc21. The van der Waals surface area contributed by atoms with Gasteiger partial charge in [-0.05, 0) is 46.5 Å². The first-order chi connectivity index (χ1) is 17.2. The van der Waals surface area contributed by atoms with Crippen molar-refractivity contribution in [3.63, 3.8) is 0 Å². The molecule has 0 heterocycles. The van der Waals surface area contributed by atoms with Gasteiger partial charge in [0.1, 0.15) is 24.7 Å². The van der Waals surface area contributed by atoms with Crippen molar-refractivity contribution in [2.24, 2.45) is 0 Å². The Morgan fingerprint density at radius 2 is 0.971 bits per heavy atom. The Bertz CT molecular complexity index is 1220. The summed E-state index contributed by atoms with van der Waals surface area (Å²) in [6.07, 6.45) is 0. The van der Waals surface area contributed by atoms with Gasteiger partial charge in [-0.25, -0.2) is 0 Å². The molecule has 0 atom stereocenters. The third-order valence-electron chi connectivity index (χ3n) is 6.45. The standard InChI is InChI=1S/C30H26O5/c31-17-19-34-23-13-9-21(10-14-23)30(22-11-15-24(16-12-22)35-20-18-32)27-7-3-1-5-25(27)29(33)26-6-2-4-8-28(26)30/h1-16,31-32H,17-20H2. The molecular weight excluding hydrogens is 440 g/mol. The summed E-state index contributed by atoms with van der Waals surface area (Å²) < 4.78 is 11.2. The van der Waals surface area contributed by atoms with E-state index >= 15 is 0 Å². The fourth-order valence-electron chi connectivity index (χ4n) is 5.02. The van der Waals surface area contributed by atoms with Crippen molar-refractivity contribution < 1.29 is 24.5 Å². The molecule has 4 aromatic carbocycles. The van der Waals surface area contributed by atoms with Crippen LogP contribution < -0.4 is 9.47 Å². The fourth-order valence-corrected chi connectivity index (χ4v) is 5.02. The molecule has 1 aliphatic carbocycles. The minimum Gasteiger partial charge on any atom is -0.491 e. The molecule has 0 bridgehead atoms. The van der Waals surface area contributed by atoms with Gasteiger partial charge in [0.2, 0.25) is 0 Å². The summed E-state index contributed by atoms with van der Waals surface area (Å²) >= 11 is 0. The molecule has 4 aromatic rings. The number of aliphatic hydroxyl groups is 2. The molecular formula is C30H26O5. The van der Waals surface area contributed by atoms with Gasteiger partial charge >= 0.3 is 0 Å². The number of ketones is 1. The van der Waals surface area contributed by atoms with E-state index in [-0.39, 0.29) is 32.2 Å². The average Bonchev–Trinajstić information content (AvgIpc) is 2.92. The molecule has 0 aliphatic heterocycles. The Balaban J connectivity index is 1.77. The molecule has 0 spiro atoms. The van der Waals surface area contributed by atoms with Crippen molar-refractivity contribution in [3.8, 4) is 11.5 Å². The zero-order valence-corrected chi connectivity index (χ0v) is 19.2. The maximum absolute atomic E-state index is 13.5. The van der Waals surface area contributed by atoms with Crippen molar-refractivity contribution in [1.82, 2.24) is 0 Å². The Kier molecular flexibility index (Phi) is 6.36. The predicted molar refractivity (Wildman–Crippen MR) is 133 cm³/mol. The zero-order chi connectivity index (χ0) is 24.3. The van der Waals surface area contributed by atoms with E-state index in [1.165, 1.54) is 0 Å². The van der Waals surface area contributed by atoms with Crippen LogP contribution in [0.25, 0.3) is 0 Å². The van der Waals surface area contributed by atoms with Crippen LogP contribution in [0.1, 0.15) is 38.2 Å². The van der Waals surface area contributed by atoms with Gasteiger partial charge in [-0.1, -0.05) is 72.8 Å². The Labute approximate surface area is 204 Å². The van der Waals surface area contributed by atoms with Crippen LogP contribution in [0.2, 0.25) is 0 Å². The lowest BCUT2D eigenvalue weighted by molar-refractivity contribution is 0.103. The molecule has 0 saturated carbocycles. The number of hydrogen-bond acceptors (Lipinski definition) is 5. The summed E-state index contributed by atoms with van der Waals surface area (Å²) in [7, 11) is 0. The third kappa shape index (κ3) is 3.89.